The minimum atomic E-state index is -3.64. The maximum Gasteiger partial charge on any atom is 0.276 e. The number of H-pyrrole nitrogens is 1. The lowest BCUT2D eigenvalue weighted by Crippen LogP contribution is -2.31. The Bertz CT molecular complexity index is 840. The summed E-state index contributed by atoms with van der Waals surface area (Å²) in [5.74, 6) is 0.343. The average molecular weight is 309 g/mol. The summed E-state index contributed by atoms with van der Waals surface area (Å²) in [6.45, 7) is 1.57. The second-order valence-corrected chi connectivity index (χ2v) is 7.04. The van der Waals surface area contributed by atoms with Crippen LogP contribution in [-0.2, 0) is 9.84 Å². The first-order valence-electron chi connectivity index (χ1n) is 6.67. The Morgan fingerprint density at radius 3 is 2.57 bits per heavy atom. The summed E-state index contributed by atoms with van der Waals surface area (Å²) in [5, 5.41) is 5.63. The lowest BCUT2D eigenvalue weighted by molar-refractivity contribution is 0.565. The van der Waals surface area contributed by atoms with Crippen LogP contribution in [-0.4, -0.2) is 47.9 Å². The molecule has 2 aromatic heterocycles. The lowest BCUT2D eigenvalue weighted by Gasteiger charge is -2.26. The molecule has 3 heterocycles. The third-order valence-electron chi connectivity index (χ3n) is 3.46. The van der Waals surface area contributed by atoms with E-state index in [1.165, 1.54) is 6.20 Å². The molecule has 1 aliphatic rings. The van der Waals surface area contributed by atoms with E-state index in [9.17, 15) is 13.2 Å². The number of nitrogens with one attached hydrogen (secondary N) is 1. The minimum Gasteiger partial charge on any atom is -0.341 e. The summed E-state index contributed by atoms with van der Waals surface area (Å²) < 4.78 is 23.9. The second kappa shape index (κ2) is 5.06. The van der Waals surface area contributed by atoms with E-state index in [2.05, 4.69) is 20.2 Å². The fourth-order valence-corrected chi connectivity index (χ4v) is 3.28. The molecule has 0 aliphatic carbocycles. The Morgan fingerprint density at radius 2 is 1.90 bits per heavy atom. The van der Waals surface area contributed by atoms with Crippen LogP contribution in [0.25, 0.3) is 10.9 Å². The molecule has 1 aliphatic heterocycles. The van der Waals surface area contributed by atoms with Gasteiger partial charge in [-0.15, -0.1) is 0 Å². The molecule has 1 N–H and O–H groups in total. The monoisotopic (exact) mass is 309 g/mol. The minimum absolute atomic E-state index is 0.0340. The molecule has 9 heteroatoms. The van der Waals surface area contributed by atoms with Gasteiger partial charge >= 0.3 is 0 Å². The topological polar surface area (TPSA) is 109 Å². The van der Waals surface area contributed by atoms with Crippen molar-refractivity contribution in [3.63, 3.8) is 0 Å². The number of aromatic nitrogens is 4. The fourth-order valence-electron chi connectivity index (χ4n) is 2.46. The first-order chi connectivity index (χ1) is 9.97. The molecule has 3 rings (SSSR count). The van der Waals surface area contributed by atoms with Gasteiger partial charge in [-0.3, -0.25) is 4.79 Å². The highest BCUT2D eigenvalue weighted by molar-refractivity contribution is 7.90. The van der Waals surface area contributed by atoms with Crippen molar-refractivity contribution in [3.8, 4) is 0 Å². The number of hydrogen-bond acceptors (Lipinski definition) is 7. The molecule has 1 saturated heterocycles. The predicted molar refractivity (Wildman–Crippen MR) is 77.1 cm³/mol. The van der Waals surface area contributed by atoms with Gasteiger partial charge < -0.3 is 4.90 Å². The van der Waals surface area contributed by atoms with Crippen molar-refractivity contribution in [2.75, 3.05) is 24.2 Å². The maximum absolute atomic E-state index is 12.0. The van der Waals surface area contributed by atoms with E-state index in [-0.39, 0.29) is 15.9 Å². The van der Waals surface area contributed by atoms with Gasteiger partial charge in [0.25, 0.3) is 5.56 Å². The largest absolute Gasteiger partial charge is 0.341 e. The van der Waals surface area contributed by atoms with Crippen molar-refractivity contribution in [2.45, 2.75) is 24.3 Å². The van der Waals surface area contributed by atoms with Gasteiger partial charge in [0.05, 0.1) is 6.20 Å². The Balaban J connectivity index is 2.27. The average Bonchev–Trinajstić information content (AvgIpc) is 2.46. The van der Waals surface area contributed by atoms with Crippen molar-refractivity contribution in [1.29, 1.82) is 0 Å². The molecule has 112 valence electrons. The van der Waals surface area contributed by atoms with Crippen molar-refractivity contribution >= 4 is 26.7 Å². The van der Waals surface area contributed by atoms with Gasteiger partial charge in [-0.25, -0.2) is 23.5 Å². The van der Waals surface area contributed by atoms with E-state index in [4.69, 9.17) is 0 Å². The van der Waals surface area contributed by atoms with Crippen LogP contribution in [0.1, 0.15) is 19.3 Å². The molecule has 2 aromatic rings. The van der Waals surface area contributed by atoms with Crippen molar-refractivity contribution in [3.05, 3.63) is 16.6 Å². The van der Waals surface area contributed by atoms with E-state index in [0.717, 1.165) is 38.6 Å². The van der Waals surface area contributed by atoms with Crippen LogP contribution in [0, 0.1) is 0 Å². The summed E-state index contributed by atoms with van der Waals surface area (Å²) in [6.07, 6.45) is 5.56. The van der Waals surface area contributed by atoms with Gasteiger partial charge in [-0.05, 0) is 19.3 Å². The van der Waals surface area contributed by atoms with Gasteiger partial charge in [0.2, 0.25) is 5.95 Å². The number of hydrogen-bond donors (Lipinski definition) is 1. The third kappa shape index (κ3) is 2.60. The predicted octanol–water partition coefficient (Wildman–Crippen LogP) is 0.107. The zero-order chi connectivity index (χ0) is 15.0. The van der Waals surface area contributed by atoms with Crippen LogP contribution < -0.4 is 10.5 Å². The highest BCUT2D eigenvalue weighted by Crippen LogP contribution is 2.22. The zero-order valence-corrected chi connectivity index (χ0v) is 12.4. The number of sulfone groups is 1. The zero-order valence-electron chi connectivity index (χ0n) is 11.5. The maximum atomic E-state index is 12.0. The fraction of sp³-hybridized carbons (Fsp3) is 0.500. The van der Waals surface area contributed by atoms with Crippen LogP contribution in [0.15, 0.2) is 16.0 Å². The van der Waals surface area contributed by atoms with E-state index in [1.54, 1.807) is 0 Å². The Morgan fingerprint density at radius 1 is 1.19 bits per heavy atom. The van der Waals surface area contributed by atoms with Gasteiger partial charge in [0.15, 0.2) is 14.9 Å². The standard InChI is InChI=1S/C12H15N5O3S/c1-21(19,20)11-9-8(7-13-16-10(9)18)14-12(15-11)17-5-3-2-4-6-17/h7H,2-6H2,1H3,(H,16,18). The Labute approximate surface area is 121 Å². The van der Waals surface area contributed by atoms with Crippen LogP contribution >= 0.6 is 0 Å². The molecule has 0 radical (unpaired) electrons. The van der Waals surface area contributed by atoms with E-state index < -0.39 is 15.4 Å². The van der Waals surface area contributed by atoms with Gasteiger partial charge in [0, 0.05) is 19.3 Å². The van der Waals surface area contributed by atoms with E-state index >= 15 is 0 Å². The van der Waals surface area contributed by atoms with Crippen LogP contribution in [0.4, 0.5) is 5.95 Å². The highest BCUT2D eigenvalue weighted by Gasteiger charge is 2.22. The van der Waals surface area contributed by atoms with Crippen LogP contribution in [0.2, 0.25) is 0 Å². The molecular formula is C12H15N5O3S. The SMILES string of the molecule is CS(=O)(=O)c1nc(N2CCCCC2)nc2cn[nH]c(=O)c12. The van der Waals surface area contributed by atoms with Crippen molar-refractivity contribution in [1.82, 2.24) is 20.2 Å². The second-order valence-electron chi connectivity index (χ2n) is 5.11. The number of fused-ring (bicyclic) bond motifs is 1. The van der Waals surface area contributed by atoms with Crippen molar-refractivity contribution in [2.24, 2.45) is 0 Å². The summed E-state index contributed by atoms with van der Waals surface area (Å²) in [5.41, 5.74) is -0.354. The summed E-state index contributed by atoms with van der Waals surface area (Å²) in [7, 11) is -3.64. The molecular weight excluding hydrogens is 294 g/mol. The molecule has 21 heavy (non-hydrogen) atoms. The molecule has 0 amide bonds. The van der Waals surface area contributed by atoms with Gasteiger partial charge in [-0.1, -0.05) is 0 Å². The molecule has 1 fully saturated rings. The summed E-state index contributed by atoms with van der Waals surface area (Å²) >= 11 is 0. The number of rotatable bonds is 2. The molecule has 8 nitrogen and oxygen atoms in total. The van der Waals surface area contributed by atoms with Crippen molar-refractivity contribution < 1.29 is 8.42 Å². The normalized spacial score (nSPS) is 16.3. The first-order valence-corrected chi connectivity index (χ1v) is 8.56. The Kier molecular flexibility index (Phi) is 3.36. The summed E-state index contributed by atoms with van der Waals surface area (Å²) in [6, 6.07) is 0. The molecule has 0 bridgehead atoms. The lowest BCUT2D eigenvalue weighted by atomic mass is 10.1. The number of aromatic amines is 1. The summed E-state index contributed by atoms with van der Waals surface area (Å²) in [4.78, 5) is 22.2. The molecule has 0 saturated carbocycles. The molecule has 0 unspecified atom stereocenters. The first kappa shape index (κ1) is 13.9. The number of anilines is 1. The quantitative estimate of drug-likeness (QED) is 0.784. The van der Waals surface area contributed by atoms with Gasteiger partial charge in [0.1, 0.15) is 10.9 Å². The number of nitrogens with zero attached hydrogens (tertiary/aromatic N) is 4. The van der Waals surface area contributed by atoms with Gasteiger partial charge in [-0.2, -0.15) is 5.10 Å². The number of piperidine rings is 1. The highest BCUT2D eigenvalue weighted by atomic mass is 32.2. The van der Waals surface area contributed by atoms with E-state index in [1.807, 2.05) is 4.90 Å². The molecule has 0 spiro atoms. The van der Waals surface area contributed by atoms with E-state index in [0.29, 0.717) is 5.95 Å². The smallest absolute Gasteiger partial charge is 0.276 e. The molecule has 0 atom stereocenters. The third-order valence-corrected chi connectivity index (χ3v) is 4.46. The molecule has 0 aromatic carbocycles. The Hall–Kier alpha value is -2.03. The van der Waals surface area contributed by atoms with Crippen LogP contribution in [0.3, 0.4) is 0 Å². The van der Waals surface area contributed by atoms with Crippen LogP contribution in [0.5, 0.6) is 0 Å².